The van der Waals surface area contributed by atoms with Gasteiger partial charge in [-0.15, -0.1) is 11.3 Å². The topological polar surface area (TPSA) is 65.8 Å². The molecule has 0 bridgehead atoms. The second kappa shape index (κ2) is 5.51. The van der Waals surface area contributed by atoms with E-state index in [2.05, 4.69) is 32.3 Å². The minimum absolute atomic E-state index is 0.315. The predicted molar refractivity (Wildman–Crippen MR) is 78.4 cm³/mol. The number of nitrogens with one attached hydrogen (secondary N) is 1. The fourth-order valence-electron chi connectivity index (χ4n) is 1.53. The number of thiophene rings is 1. The lowest BCUT2D eigenvalue weighted by Gasteiger charge is -2.02. The number of carbonyl (C=O) groups is 1. The van der Waals surface area contributed by atoms with Crippen molar-refractivity contribution in [2.24, 2.45) is 0 Å². The lowest BCUT2D eigenvalue weighted by atomic mass is 10.2. The molecular weight excluding hydrogens is 326 g/mol. The quantitative estimate of drug-likeness (QED) is 0.910. The number of pyridine rings is 1. The largest absolute Gasteiger partial charge is 0.311 e. The summed E-state index contributed by atoms with van der Waals surface area (Å²) in [6, 6.07) is 5.49. The van der Waals surface area contributed by atoms with Gasteiger partial charge in [-0.1, -0.05) is 0 Å². The highest BCUT2D eigenvalue weighted by Crippen LogP contribution is 2.31. The minimum atomic E-state index is -0.315. The average molecular weight is 336 g/mol. The van der Waals surface area contributed by atoms with E-state index in [4.69, 9.17) is 5.26 Å². The minimum Gasteiger partial charge on any atom is -0.311 e. The van der Waals surface area contributed by atoms with E-state index >= 15 is 0 Å². The maximum absolute atomic E-state index is 12.0. The Kier molecular flexibility index (Phi) is 3.98. The molecule has 1 amide bonds. The molecule has 0 fully saturated rings. The Labute approximate surface area is 123 Å². The van der Waals surface area contributed by atoms with Crippen LogP contribution in [0.25, 0.3) is 0 Å². The van der Waals surface area contributed by atoms with Crippen molar-refractivity contribution in [2.45, 2.75) is 13.8 Å². The molecule has 0 aliphatic carbocycles. The number of amides is 1. The first-order chi connectivity index (χ1) is 9.02. The Morgan fingerprint density at radius 3 is 2.79 bits per heavy atom. The average Bonchev–Trinajstić information content (AvgIpc) is 2.65. The fourth-order valence-corrected chi connectivity index (χ4v) is 2.77. The van der Waals surface area contributed by atoms with Crippen LogP contribution in [0.1, 0.15) is 26.5 Å². The monoisotopic (exact) mass is 335 g/mol. The third-order valence-electron chi connectivity index (χ3n) is 2.68. The Hall–Kier alpha value is -1.71. The first-order valence-electron chi connectivity index (χ1n) is 5.46. The van der Waals surface area contributed by atoms with Crippen molar-refractivity contribution >= 4 is 38.2 Å². The maximum Gasteiger partial charge on any atom is 0.274 e. The van der Waals surface area contributed by atoms with Crippen molar-refractivity contribution in [2.75, 3.05) is 5.32 Å². The third-order valence-corrected chi connectivity index (χ3v) is 4.28. The van der Waals surface area contributed by atoms with Gasteiger partial charge in [-0.25, -0.2) is 4.98 Å². The van der Waals surface area contributed by atoms with E-state index in [1.165, 1.54) is 11.3 Å². The summed E-state index contributed by atoms with van der Waals surface area (Å²) in [6.45, 7) is 3.80. The molecule has 6 heteroatoms. The van der Waals surface area contributed by atoms with Crippen molar-refractivity contribution in [3.05, 3.63) is 44.5 Å². The smallest absolute Gasteiger partial charge is 0.274 e. The van der Waals surface area contributed by atoms with Crippen LogP contribution in [0.3, 0.4) is 0 Å². The van der Waals surface area contributed by atoms with Crippen LogP contribution >= 0.6 is 27.3 Å². The van der Waals surface area contributed by atoms with Crippen LogP contribution in [0.4, 0.5) is 5.00 Å². The van der Waals surface area contributed by atoms with Gasteiger partial charge < -0.3 is 5.32 Å². The van der Waals surface area contributed by atoms with Crippen molar-refractivity contribution in [1.29, 1.82) is 5.26 Å². The first-order valence-corrected chi connectivity index (χ1v) is 7.07. The molecule has 0 unspecified atom stereocenters. The Morgan fingerprint density at radius 2 is 2.21 bits per heavy atom. The number of halogens is 1. The second-order valence-corrected chi connectivity index (χ2v) is 6.06. The molecule has 2 rings (SSSR count). The summed E-state index contributed by atoms with van der Waals surface area (Å²) in [5.74, 6) is -0.315. The molecule has 0 saturated heterocycles. The summed E-state index contributed by atoms with van der Waals surface area (Å²) in [5.41, 5.74) is 1.75. The molecule has 2 aromatic heterocycles. The van der Waals surface area contributed by atoms with E-state index in [9.17, 15) is 4.79 Å². The molecule has 0 saturated carbocycles. The molecule has 0 atom stereocenters. The number of hydrogen-bond acceptors (Lipinski definition) is 4. The molecule has 0 aliphatic heterocycles. The Morgan fingerprint density at radius 1 is 1.47 bits per heavy atom. The first kappa shape index (κ1) is 13.7. The highest BCUT2D eigenvalue weighted by Gasteiger charge is 2.16. The molecule has 0 aliphatic rings. The zero-order valence-electron chi connectivity index (χ0n) is 10.3. The van der Waals surface area contributed by atoms with Gasteiger partial charge >= 0.3 is 0 Å². The van der Waals surface area contributed by atoms with E-state index in [0.29, 0.717) is 16.3 Å². The Bertz CT molecular complexity index is 670. The van der Waals surface area contributed by atoms with Gasteiger partial charge in [0.15, 0.2) is 0 Å². The summed E-state index contributed by atoms with van der Waals surface area (Å²) >= 11 is 4.66. The molecule has 0 aromatic carbocycles. The van der Waals surface area contributed by atoms with Gasteiger partial charge in [-0.3, -0.25) is 4.79 Å². The number of aryl methyl sites for hydroxylation is 1. The second-order valence-electron chi connectivity index (χ2n) is 3.91. The van der Waals surface area contributed by atoms with Crippen molar-refractivity contribution in [3.8, 4) is 6.07 Å². The molecule has 2 aromatic rings. The van der Waals surface area contributed by atoms with E-state index in [1.807, 2.05) is 13.8 Å². The number of rotatable bonds is 2. The van der Waals surface area contributed by atoms with Gasteiger partial charge in [-0.05, 0) is 47.5 Å². The summed E-state index contributed by atoms with van der Waals surface area (Å²) < 4.78 is 0.810. The fraction of sp³-hybridized carbons (Fsp3) is 0.154. The molecular formula is C13H10BrN3OS. The summed E-state index contributed by atoms with van der Waals surface area (Å²) in [4.78, 5) is 17.1. The highest BCUT2D eigenvalue weighted by atomic mass is 79.9. The molecule has 0 radical (unpaired) electrons. The predicted octanol–water partition coefficient (Wildman–Crippen LogP) is 3.65. The molecule has 2 heterocycles. The van der Waals surface area contributed by atoms with Gasteiger partial charge in [0.05, 0.1) is 5.56 Å². The number of nitriles is 1. The number of carbonyl (C=O) groups excluding carboxylic acids is 1. The van der Waals surface area contributed by atoms with Crippen LogP contribution in [-0.4, -0.2) is 10.9 Å². The number of anilines is 1. The van der Waals surface area contributed by atoms with E-state index in [-0.39, 0.29) is 5.91 Å². The highest BCUT2D eigenvalue weighted by molar-refractivity contribution is 9.10. The molecule has 19 heavy (non-hydrogen) atoms. The number of hydrogen-bond donors (Lipinski definition) is 1. The van der Waals surface area contributed by atoms with Crippen LogP contribution in [0.5, 0.6) is 0 Å². The van der Waals surface area contributed by atoms with Crippen molar-refractivity contribution in [3.63, 3.8) is 0 Å². The van der Waals surface area contributed by atoms with Crippen LogP contribution in [0.15, 0.2) is 22.8 Å². The molecule has 1 N–H and O–H groups in total. The van der Waals surface area contributed by atoms with E-state index < -0.39 is 0 Å². The number of aromatic nitrogens is 1. The van der Waals surface area contributed by atoms with Crippen molar-refractivity contribution < 1.29 is 4.79 Å². The van der Waals surface area contributed by atoms with Crippen LogP contribution < -0.4 is 5.32 Å². The summed E-state index contributed by atoms with van der Waals surface area (Å²) in [7, 11) is 0. The summed E-state index contributed by atoms with van der Waals surface area (Å²) in [6.07, 6.45) is 1.56. The standard InChI is InChI=1S/C13H10BrN3OS/c1-7-8(2)19-13(10(7)5-15)17-12(18)11-4-3-9(14)6-16-11/h3-4,6H,1-2H3,(H,17,18). The molecule has 4 nitrogen and oxygen atoms in total. The third kappa shape index (κ3) is 2.83. The van der Waals surface area contributed by atoms with Gasteiger partial charge in [0.2, 0.25) is 0 Å². The van der Waals surface area contributed by atoms with Gasteiger partial charge in [-0.2, -0.15) is 5.26 Å². The lowest BCUT2D eigenvalue weighted by Crippen LogP contribution is -2.13. The van der Waals surface area contributed by atoms with Gasteiger partial charge in [0.1, 0.15) is 16.8 Å². The SMILES string of the molecule is Cc1sc(NC(=O)c2ccc(Br)cn2)c(C#N)c1C. The summed E-state index contributed by atoms with van der Waals surface area (Å²) in [5, 5.41) is 12.4. The Balaban J connectivity index is 2.27. The van der Waals surface area contributed by atoms with E-state index in [0.717, 1.165) is 14.9 Å². The molecule has 96 valence electrons. The van der Waals surface area contributed by atoms with Crippen molar-refractivity contribution in [1.82, 2.24) is 4.98 Å². The van der Waals surface area contributed by atoms with Crippen LogP contribution in [-0.2, 0) is 0 Å². The van der Waals surface area contributed by atoms with Gasteiger partial charge in [0, 0.05) is 15.5 Å². The zero-order chi connectivity index (χ0) is 14.0. The van der Waals surface area contributed by atoms with Gasteiger partial charge in [0.25, 0.3) is 5.91 Å². The number of nitrogens with zero attached hydrogens (tertiary/aromatic N) is 2. The zero-order valence-corrected chi connectivity index (χ0v) is 12.7. The lowest BCUT2D eigenvalue weighted by molar-refractivity contribution is 0.102. The van der Waals surface area contributed by atoms with E-state index in [1.54, 1.807) is 18.3 Å². The normalized spacial score (nSPS) is 10.0. The van der Waals surface area contributed by atoms with Crippen LogP contribution in [0, 0.1) is 25.2 Å². The molecule has 0 spiro atoms. The maximum atomic E-state index is 12.0. The van der Waals surface area contributed by atoms with Crippen LogP contribution in [0.2, 0.25) is 0 Å².